The zero-order valence-electron chi connectivity index (χ0n) is 9.41. The number of nitrogens with two attached hydrogens (primary N) is 1. The van der Waals surface area contributed by atoms with Crippen LogP contribution in [0, 0.1) is 11.7 Å². The Balaban J connectivity index is 0.000000722. The van der Waals surface area contributed by atoms with Crippen molar-refractivity contribution in [2.24, 2.45) is 11.7 Å². The molecule has 0 aromatic heterocycles. The van der Waals surface area contributed by atoms with Crippen LogP contribution in [0.2, 0.25) is 0 Å². The van der Waals surface area contributed by atoms with E-state index in [2.05, 4.69) is 5.32 Å². The fourth-order valence-corrected chi connectivity index (χ4v) is 2.81. The number of fused-ring (bicyclic) bond motifs is 1. The molecule has 1 aromatic carbocycles. The lowest BCUT2D eigenvalue weighted by atomic mass is 9.94. The normalized spacial score (nSPS) is 28.9. The lowest BCUT2D eigenvalue weighted by Gasteiger charge is -2.13. The van der Waals surface area contributed by atoms with Crippen LogP contribution in [0.3, 0.4) is 0 Å². The summed E-state index contributed by atoms with van der Waals surface area (Å²) in [5.41, 5.74) is 7.44. The highest BCUT2D eigenvalue weighted by Gasteiger charge is 2.58. The van der Waals surface area contributed by atoms with E-state index in [9.17, 15) is 4.39 Å². The minimum absolute atomic E-state index is 0. The van der Waals surface area contributed by atoms with Gasteiger partial charge >= 0.3 is 0 Å². The largest absolute Gasteiger partial charge is 0.326 e. The molecule has 1 heterocycles. The van der Waals surface area contributed by atoms with E-state index in [0.717, 1.165) is 24.6 Å². The van der Waals surface area contributed by atoms with E-state index in [1.54, 1.807) is 6.07 Å². The van der Waals surface area contributed by atoms with Crippen LogP contribution in [0.1, 0.15) is 17.5 Å². The molecule has 17 heavy (non-hydrogen) atoms. The molecule has 2 nitrogen and oxygen atoms in total. The Morgan fingerprint density at radius 2 is 2.18 bits per heavy atom. The molecule has 96 valence electrons. The maximum absolute atomic E-state index is 13.6. The van der Waals surface area contributed by atoms with Crippen LogP contribution in [0.15, 0.2) is 18.2 Å². The Morgan fingerprint density at radius 1 is 1.41 bits per heavy atom. The van der Waals surface area contributed by atoms with Gasteiger partial charge in [0, 0.05) is 24.1 Å². The van der Waals surface area contributed by atoms with Gasteiger partial charge < -0.3 is 11.1 Å². The van der Waals surface area contributed by atoms with Gasteiger partial charge in [-0.25, -0.2) is 4.39 Å². The zero-order chi connectivity index (χ0) is 10.5. The molecule has 3 rings (SSSR count). The SMILES string of the molecule is Cl.Cl.NCc1ccc(C23CNCC2C3)cc1F. The molecule has 1 aliphatic carbocycles. The van der Waals surface area contributed by atoms with E-state index in [1.807, 2.05) is 12.1 Å². The van der Waals surface area contributed by atoms with E-state index >= 15 is 0 Å². The van der Waals surface area contributed by atoms with Crippen LogP contribution < -0.4 is 11.1 Å². The molecule has 1 aromatic rings. The van der Waals surface area contributed by atoms with Gasteiger partial charge in [-0.1, -0.05) is 12.1 Å². The zero-order valence-corrected chi connectivity index (χ0v) is 11.0. The molecule has 2 atom stereocenters. The lowest BCUT2D eigenvalue weighted by molar-refractivity contribution is 0.599. The van der Waals surface area contributed by atoms with Crippen LogP contribution in [0.5, 0.6) is 0 Å². The van der Waals surface area contributed by atoms with Gasteiger partial charge in [0.15, 0.2) is 0 Å². The second-order valence-corrected chi connectivity index (χ2v) is 4.70. The smallest absolute Gasteiger partial charge is 0.127 e. The van der Waals surface area contributed by atoms with Crippen molar-refractivity contribution < 1.29 is 4.39 Å². The van der Waals surface area contributed by atoms with Gasteiger partial charge in [-0.3, -0.25) is 0 Å². The summed E-state index contributed by atoms with van der Waals surface area (Å²) in [6, 6.07) is 5.54. The van der Waals surface area contributed by atoms with Crippen molar-refractivity contribution in [3.8, 4) is 0 Å². The van der Waals surface area contributed by atoms with Gasteiger partial charge in [0.2, 0.25) is 0 Å². The van der Waals surface area contributed by atoms with E-state index in [0.29, 0.717) is 5.56 Å². The quantitative estimate of drug-likeness (QED) is 0.869. The second-order valence-electron chi connectivity index (χ2n) is 4.70. The molecule has 0 radical (unpaired) electrons. The van der Waals surface area contributed by atoms with Crippen LogP contribution >= 0.6 is 24.8 Å². The van der Waals surface area contributed by atoms with Crippen LogP contribution in [-0.4, -0.2) is 13.1 Å². The highest BCUT2D eigenvalue weighted by molar-refractivity contribution is 5.85. The molecule has 2 fully saturated rings. The molecule has 1 saturated carbocycles. The standard InChI is InChI=1S/C12H15FN2.2ClH/c13-11-3-9(2-1-8(11)5-14)12-4-10(12)6-15-7-12;;/h1-3,10,15H,4-7,14H2;2*1H. The number of benzene rings is 1. The third-order valence-corrected chi connectivity index (χ3v) is 3.91. The second kappa shape index (κ2) is 5.11. The minimum atomic E-state index is -0.151. The van der Waals surface area contributed by atoms with Gasteiger partial charge in [-0.2, -0.15) is 0 Å². The first-order valence-corrected chi connectivity index (χ1v) is 5.46. The lowest BCUT2D eigenvalue weighted by Crippen LogP contribution is -2.19. The van der Waals surface area contributed by atoms with Crippen molar-refractivity contribution in [2.45, 2.75) is 18.4 Å². The van der Waals surface area contributed by atoms with Crippen LogP contribution in [0.4, 0.5) is 4.39 Å². The van der Waals surface area contributed by atoms with Gasteiger partial charge in [-0.15, -0.1) is 24.8 Å². The molecule has 0 spiro atoms. The molecule has 2 aliphatic rings. The summed E-state index contributed by atoms with van der Waals surface area (Å²) in [6.07, 6.45) is 1.21. The number of halogens is 3. The minimum Gasteiger partial charge on any atom is -0.326 e. The average Bonchev–Trinajstić information content (AvgIpc) is 2.82. The first kappa shape index (κ1) is 14.7. The molecule has 0 bridgehead atoms. The summed E-state index contributed by atoms with van der Waals surface area (Å²) in [5, 5.41) is 3.36. The van der Waals surface area contributed by atoms with Crippen molar-refractivity contribution in [2.75, 3.05) is 13.1 Å². The fourth-order valence-electron chi connectivity index (χ4n) is 2.81. The summed E-state index contributed by atoms with van der Waals surface area (Å²) < 4.78 is 13.6. The van der Waals surface area contributed by atoms with E-state index in [-0.39, 0.29) is 42.6 Å². The maximum Gasteiger partial charge on any atom is 0.127 e. The molecule has 2 unspecified atom stereocenters. The third-order valence-electron chi connectivity index (χ3n) is 3.91. The summed E-state index contributed by atoms with van der Waals surface area (Å²) >= 11 is 0. The number of hydrogen-bond acceptors (Lipinski definition) is 2. The van der Waals surface area contributed by atoms with Gasteiger partial charge in [0.05, 0.1) is 0 Å². The molecule has 1 aliphatic heterocycles. The fraction of sp³-hybridized carbons (Fsp3) is 0.500. The van der Waals surface area contributed by atoms with E-state index in [4.69, 9.17) is 5.73 Å². The predicted octanol–water partition coefficient (Wildman–Crippen LogP) is 1.99. The maximum atomic E-state index is 13.6. The Bertz CT molecular complexity index is 413. The Kier molecular flexibility index (Phi) is 4.42. The van der Waals surface area contributed by atoms with Gasteiger partial charge in [0.25, 0.3) is 0 Å². The first-order chi connectivity index (χ1) is 7.26. The van der Waals surface area contributed by atoms with Crippen molar-refractivity contribution in [1.82, 2.24) is 5.32 Å². The van der Waals surface area contributed by atoms with E-state index in [1.165, 1.54) is 6.42 Å². The van der Waals surface area contributed by atoms with Crippen LogP contribution in [-0.2, 0) is 12.0 Å². The average molecular weight is 279 g/mol. The Hall–Kier alpha value is -0.350. The molecule has 0 amide bonds. The summed E-state index contributed by atoms with van der Waals surface area (Å²) in [6.45, 7) is 2.36. The van der Waals surface area contributed by atoms with Crippen molar-refractivity contribution in [3.05, 3.63) is 35.1 Å². The Morgan fingerprint density at radius 3 is 2.65 bits per heavy atom. The third kappa shape index (κ3) is 2.17. The Labute approximate surface area is 113 Å². The number of hydrogen-bond donors (Lipinski definition) is 2. The monoisotopic (exact) mass is 278 g/mol. The summed E-state index contributed by atoms with van der Waals surface area (Å²) in [5.74, 6) is 0.572. The predicted molar refractivity (Wildman–Crippen MR) is 71.4 cm³/mol. The molecular formula is C12H17Cl2FN2. The van der Waals surface area contributed by atoms with Gasteiger partial charge in [-0.05, 0) is 30.5 Å². The number of nitrogens with one attached hydrogen (secondary N) is 1. The number of piperidine rings is 1. The van der Waals surface area contributed by atoms with Crippen LogP contribution in [0.25, 0.3) is 0 Å². The first-order valence-electron chi connectivity index (χ1n) is 5.46. The van der Waals surface area contributed by atoms with Gasteiger partial charge in [0.1, 0.15) is 5.82 Å². The highest BCUT2D eigenvalue weighted by atomic mass is 35.5. The van der Waals surface area contributed by atoms with Crippen molar-refractivity contribution in [3.63, 3.8) is 0 Å². The van der Waals surface area contributed by atoms with E-state index < -0.39 is 0 Å². The molecule has 1 saturated heterocycles. The number of rotatable bonds is 2. The summed E-state index contributed by atoms with van der Waals surface area (Å²) in [7, 11) is 0. The van der Waals surface area contributed by atoms with Crippen molar-refractivity contribution in [1.29, 1.82) is 0 Å². The molecule has 3 N–H and O–H groups in total. The van der Waals surface area contributed by atoms with Crippen molar-refractivity contribution >= 4 is 24.8 Å². The highest BCUT2D eigenvalue weighted by Crippen LogP contribution is 2.56. The summed E-state index contributed by atoms with van der Waals surface area (Å²) in [4.78, 5) is 0. The topological polar surface area (TPSA) is 38.0 Å². The molecular weight excluding hydrogens is 262 g/mol. The molecule has 5 heteroatoms.